The van der Waals surface area contributed by atoms with Crippen LogP contribution in [0.3, 0.4) is 0 Å². The fourth-order valence-corrected chi connectivity index (χ4v) is 2.02. The topological polar surface area (TPSA) is 75.4 Å². The molecular weight excluding hydrogens is 280 g/mol. The summed E-state index contributed by atoms with van der Waals surface area (Å²) in [6, 6.07) is 15.7. The molecule has 0 saturated carbocycles. The van der Waals surface area contributed by atoms with Gasteiger partial charge >= 0.3 is 0 Å². The van der Waals surface area contributed by atoms with E-state index < -0.39 is 0 Å². The van der Waals surface area contributed by atoms with Gasteiger partial charge in [0.15, 0.2) is 11.5 Å². The maximum absolute atomic E-state index is 12.1. The fraction of sp³-hybridized carbons (Fsp3) is 0.0588. The molecule has 110 valence electrons. The monoisotopic (exact) mass is 294 g/mol. The van der Waals surface area contributed by atoms with Crippen LogP contribution in [-0.2, 0) is 0 Å². The summed E-state index contributed by atoms with van der Waals surface area (Å²) in [5.41, 5.74) is 2.44. The number of carbonyl (C=O) groups is 1. The summed E-state index contributed by atoms with van der Waals surface area (Å²) in [7, 11) is 0. The van der Waals surface area contributed by atoms with Gasteiger partial charge in [-0.05, 0) is 31.2 Å². The van der Waals surface area contributed by atoms with Crippen molar-refractivity contribution in [3.05, 3.63) is 65.9 Å². The first kappa shape index (κ1) is 13.9. The Balaban J connectivity index is 1.80. The zero-order chi connectivity index (χ0) is 15.5. The number of nitrogens with zero attached hydrogens (tertiary/aromatic N) is 1. The number of hydrogen-bond donors (Lipinski definition) is 2. The van der Waals surface area contributed by atoms with Crippen LogP contribution in [0.2, 0.25) is 0 Å². The van der Waals surface area contributed by atoms with E-state index in [1.54, 1.807) is 24.3 Å². The maximum atomic E-state index is 12.1. The molecule has 0 radical (unpaired) electrons. The molecule has 0 fully saturated rings. The number of para-hydroxylation sites is 1. The van der Waals surface area contributed by atoms with Crippen molar-refractivity contribution in [1.82, 2.24) is 5.16 Å². The van der Waals surface area contributed by atoms with E-state index in [1.165, 1.54) is 6.07 Å². The molecule has 3 aromatic rings. The van der Waals surface area contributed by atoms with E-state index in [4.69, 9.17) is 4.52 Å². The molecule has 2 aromatic carbocycles. The number of anilines is 1. The lowest BCUT2D eigenvalue weighted by atomic mass is 10.1. The number of hydrogen-bond acceptors (Lipinski definition) is 4. The second-order valence-electron chi connectivity index (χ2n) is 4.91. The molecule has 1 aromatic heterocycles. The summed E-state index contributed by atoms with van der Waals surface area (Å²) in [4.78, 5) is 12.1. The quantitative estimate of drug-likeness (QED) is 0.773. The molecule has 2 N–H and O–H groups in total. The molecule has 0 aliphatic carbocycles. The van der Waals surface area contributed by atoms with Crippen LogP contribution >= 0.6 is 0 Å². The standard InChI is InChI=1S/C17H14N2O3/c1-11-6-8-12(9-7-11)18-17(21)14-10-16(22-19-14)13-4-2-3-5-15(13)20/h2-10,20H,1H3,(H,18,21). The zero-order valence-electron chi connectivity index (χ0n) is 11.9. The lowest BCUT2D eigenvalue weighted by molar-refractivity contribution is 0.101. The van der Waals surface area contributed by atoms with E-state index in [1.807, 2.05) is 31.2 Å². The van der Waals surface area contributed by atoms with Gasteiger partial charge in [0.05, 0.1) is 5.56 Å². The van der Waals surface area contributed by atoms with Crippen LogP contribution in [0.5, 0.6) is 5.75 Å². The van der Waals surface area contributed by atoms with Crippen molar-refractivity contribution in [1.29, 1.82) is 0 Å². The lowest BCUT2D eigenvalue weighted by Crippen LogP contribution is -2.11. The third-order valence-electron chi connectivity index (χ3n) is 3.22. The average molecular weight is 294 g/mol. The van der Waals surface area contributed by atoms with Crippen molar-refractivity contribution >= 4 is 11.6 Å². The highest BCUT2D eigenvalue weighted by Crippen LogP contribution is 2.29. The van der Waals surface area contributed by atoms with Crippen molar-refractivity contribution in [2.75, 3.05) is 5.32 Å². The minimum absolute atomic E-state index is 0.0733. The van der Waals surface area contributed by atoms with Gasteiger partial charge in [-0.2, -0.15) is 0 Å². The molecule has 5 nitrogen and oxygen atoms in total. The van der Waals surface area contributed by atoms with Gasteiger partial charge in [0.25, 0.3) is 5.91 Å². The molecule has 5 heteroatoms. The van der Waals surface area contributed by atoms with Gasteiger partial charge in [-0.15, -0.1) is 0 Å². The first-order valence-electron chi connectivity index (χ1n) is 6.76. The third kappa shape index (κ3) is 2.83. The zero-order valence-corrected chi connectivity index (χ0v) is 11.9. The molecule has 0 bridgehead atoms. The largest absolute Gasteiger partial charge is 0.507 e. The molecule has 0 saturated heterocycles. The van der Waals surface area contributed by atoms with E-state index in [9.17, 15) is 9.90 Å². The second kappa shape index (κ2) is 5.73. The molecule has 0 spiro atoms. The van der Waals surface area contributed by atoms with Gasteiger partial charge in [-0.3, -0.25) is 4.79 Å². The lowest BCUT2D eigenvalue weighted by Gasteiger charge is -2.02. The van der Waals surface area contributed by atoms with Crippen LogP contribution in [0, 0.1) is 6.92 Å². The van der Waals surface area contributed by atoms with E-state index in [-0.39, 0.29) is 17.4 Å². The summed E-state index contributed by atoms with van der Waals surface area (Å²) in [5, 5.41) is 16.3. The van der Waals surface area contributed by atoms with E-state index in [0.717, 1.165) is 5.56 Å². The summed E-state index contributed by atoms with van der Waals surface area (Å²) < 4.78 is 5.14. The number of aromatic hydroxyl groups is 1. The normalized spacial score (nSPS) is 10.4. The predicted octanol–water partition coefficient (Wildman–Crippen LogP) is 3.61. The minimum atomic E-state index is -0.366. The Kier molecular flexibility index (Phi) is 3.62. The molecule has 1 heterocycles. The molecule has 0 atom stereocenters. The highest BCUT2D eigenvalue weighted by Gasteiger charge is 2.15. The summed E-state index contributed by atoms with van der Waals surface area (Å²) in [6.45, 7) is 1.97. The number of carbonyl (C=O) groups excluding carboxylic acids is 1. The van der Waals surface area contributed by atoms with E-state index in [2.05, 4.69) is 10.5 Å². The molecule has 3 rings (SSSR count). The van der Waals surface area contributed by atoms with Gasteiger partial charge < -0.3 is 14.9 Å². The van der Waals surface area contributed by atoms with Crippen LogP contribution in [-0.4, -0.2) is 16.2 Å². The Morgan fingerprint density at radius 1 is 1.14 bits per heavy atom. The summed E-state index contributed by atoms with van der Waals surface area (Å²) >= 11 is 0. The van der Waals surface area contributed by atoms with Crippen LogP contribution in [0.1, 0.15) is 16.1 Å². The van der Waals surface area contributed by atoms with Gasteiger partial charge in [0, 0.05) is 11.8 Å². The van der Waals surface area contributed by atoms with Crippen LogP contribution in [0.25, 0.3) is 11.3 Å². The first-order chi connectivity index (χ1) is 10.6. The SMILES string of the molecule is Cc1ccc(NC(=O)c2cc(-c3ccccc3O)on2)cc1. The number of aryl methyl sites for hydroxylation is 1. The van der Waals surface area contributed by atoms with Crippen molar-refractivity contribution in [2.45, 2.75) is 6.92 Å². The summed E-state index contributed by atoms with van der Waals surface area (Å²) in [5.74, 6) is 0.0468. The van der Waals surface area contributed by atoms with Crippen molar-refractivity contribution in [2.24, 2.45) is 0 Å². The fourth-order valence-electron chi connectivity index (χ4n) is 2.02. The average Bonchev–Trinajstić information content (AvgIpc) is 3.00. The highest BCUT2D eigenvalue weighted by atomic mass is 16.5. The minimum Gasteiger partial charge on any atom is -0.507 e. The van der Waals surface area contributed by atoms with Gasteiger partial charge in [-0.1, -0.05) is 35.0 Å². The number of rotatable bonds is 3. The first-order valence-corrected chi connectivity index (χ1v) is 6.76. The molecule has 1 amide bonds. The van der Waals surface area contributed by atoms with Gasteiger partial charge in [-0.25, -0.2) is 0 Å². The molecule has 0 aliphatic heterocycles. The summed E-state index contributed by atoms with van der Waals surface area (Å²) in [6.07, 6.45) is 0. The van der Waals surface area contributed by atoms with E-state index >= 15 is 0 Å². The second-order valence-corrected chi connectivity index (χ2v) is 4.91. The molecular formula is C17H14N2O3. The highest BCUT2D eigenvalue weighted by molar-refractivity contribution is 6.03. The Bertz CT molecular complexity index is 807. The maximum Gasteiger partial charge on any atom is 0.277 e. The van der Waals surface area contributed by atoms with Crippen LogP contribution in [0.4, 0.5) is 5.69 Å². The van der Waals surface area contributed by atoms with E-state index in [0.29, 0.717) is 17.0 Å². The molecule has 0 unspecified atom stereocenters. The van der Waals surface area contributed by atoms with Gasteiger partial charge in [0.2, 0.25) is 0 Å². The van der Waals surface area contributed by atoms with Crippen molar-refractivity contribution < 1.29 is 14.4 Å². The van der Waals surface area contributed by atoms with Crippen LogP contribution in [0.15, 0.2) is 59.1 Å². The third-order valence-corrected chi connectivity index (χ3v) is 3.22. The number of amides is 1. The van der Waals surface area contributed by atoms with Crippen LogP contribution < -0.4 is 5.32 Å². The van der Waals surface area contributed by atoms with Crippen molar-refractivity contribution in [3.8, 4) is 17.1 Å². The Morgan fingerprint density at radius 2 is 1.86 bits per heavy atom. The molecule has 0 aliphatic rings. The number of aromatic nitrogens is 1. The van der Waals surface area contributed by atoms with Crippen molar-refractivity contribution in [3.63, 3.8) is 0 Å². The number of benzene rings is 2. The number of phenolic OH excluding ortho intramolecular Hbond substituents is 1. The van der Waals surface area contributed by atoms with Gasteiger partial charge in [0.1, 0.15) is 5.75 Å². The molecule has 22 heavy (non-hydrogen) atoms. The predicted molar refractivity (Wildman–Crippen MR) is 82.7 cm³/mol. The Morgan fingerprint density at radius 3 is 2.59 bits per heavy atom. The number of nitrogens with one attached hydrogen (secondary N) is 1. The Hall–Kier alpha value is -3.08. The smallest absolute Gasteiger partial charge is 0.277 e. The number of phenols is 1. The Labute approximate surface area is 127 Å².